The van der Waals surface area contributed by atoms with E-state index in [2.05, 4.69) is 30.9 Å². The third kappa shape index (κ3) is 3.47. The van der Waals surface area contributed by atoms with E-state index < -0.39 is 10.0 Å². The van der Waals surface area contributed by atoms with E-state index in [1.165, 1.54) is 15.8 Å². The van der Waals surface area contributed by atoms with E-state index in [9.17, 15) is 8.42 Å². The summed E-state index contributed by atoms with van der Waals surface area (Å²) in [5.74, 6) is 0.644. The molecule has 1 aliphatic heterocycles. The van der Waals surface area contributed by atoms with Gasteiger partial charge in [-0.15, -0.1) is 0 Å². The number of thiazole rings is 1. The number of hydrogen-bond acceptors (Lipinski definition) is 6. The maximum absolute atomic E-state index is 12.9. The molecular formula is C20H23N3O3S2. The topological polar surface area (TPSA) is 62.7 Å². The van der Waals surface area contributed by atoms with Crippen LogP contribution in [-0.2, 0) is 10.0 Å². The van der Waals surface area contributed by atoms with Gasteiger partial charge >= 0.3 is 0 Å². The molecule has 0 bridgehead atoms. The largest absolute Gasteiger partial charge is 0.497 e. The van der Waals surface area contributed by atoms with Crippen LogP contribution in [0.25, 0.3) is 10.2 Å². The molecule has 2 aromatic carbocycles. The molecule has 6 nitrogen and oxygen atoms in total. The van der Waals surface area contributed by atoms with Crippen LogP contribution in [0.1, 0.15) is 11.1 Å². The fourth-order valence-corrected chi connectivity index (χ4v) is 6.01. The number of ether oxygens (including phenoxy) is 1. The highest BCUT2D eigenvalue weighted by Crippen LogP contribution is 2.33. The third-order valence-corrected chi connectivity index (χ3v) is 8.20. The predicted molar refractivity (Wildman–Crippen MR) is 113 cm³/mol. The summed E-state index contributed by atoms with van der Waals surface area (Å²) in [5, 5.41) is 0.963. The number of sulfonamides is 1. The second-order valence-corrected chi connectivity index (χ2v) is 9.91. The zero-order valence-corrected chi connectivity index (χ0v) is 17.8. The van der Waals surface area contributed by atoms with Gasteiger partial charge in [0.15, 0.2) is 5.13 Å². The monoisotopic (exact) mass is 417 g/mol. The number of benzene rings is 2. The Labute approximate surface area is 169 Å². The minimum absolute atomic E-state index is 0.299. The summed E-state index contributed by atoms with van der Waals surface area (Å²) in [6.07, 6.45) is 0. The normalized spacial score (nSPS) is 15.9. The number of nitrogens with zero attached hydrogens (tertiary/aromatic N) is 3. The van der Waals surface area contributed by atoms with E-state index in [1.807, 2.05) is 0 Å². The summed E-state index contributed by atoms with van der Waals surface area (Å²) in [6, 6.07) is 10.8. The van der Waals surface area contributed by atoms with Crippen molar-refractivity contribution >= 4 is 36.7 Å². The van der Waals surface area contributed by atoms with Gasteiger partial charge in [0.25, 0.3) is 0 Å². The van der Waals surface area contributed by atoms with Crippen LogP contribution < -0.4 is 9.64 Å². The van der Waals surface area contributed by atoms with Crippen molar-refractivity contribution in [1.29, 1.82) is 0 Å². The number of anilines is 1. The third-order valence-electron chi connectivity index (χ3n) is 5.02. The van der Waals surface area contributed by atoms with Gasteiger partial charge in [-0.1, -0.05) is 17.4 Å². The molecule has 0 radical (unpaired) electrons. The Bertz CT molecular complexity index is 1100. The number of fused-ring (bicyclic) bond motifs is 1. The first kappa shape index (κ1) is 19.2. The first-order valence-corrected chi connectivity index (χ1v) is 11.4. The van der Waals surface area contributed by atoms with Crippen molar-refractivity contribution < 1.29 is 13.2 Å². The minimum Gasteiger partial charge on any atom is -0.497 e. The molecule has 3 aromatic rings. The summed E-state index contributed by atoms with van der Waals surface area (Å²) in [5.41, 5.74) is 3.46. The van der Waals surface area contributed by atoms with Crippen LogP contribution in [0.5, 0.6) is 5.75 Å². The van der Waals surface area contributed by atoms with Crippen molar-refractivity contribution in [1.82, 2.24) is 9.29 Å². The van der Waals surface area contributed by atoms with Crippen molar-refractivity contribution in [3.05, 3.63) is 47.5 Å². The molecule has 1 saturated heterocycles. The van der Waals surface area contributed by atoms with E-state index in [0.717, 1.165) is 10.6 Å². The Morgan fingerprint density at radius 1 is 1.04 bits per heavy atom. The lowest BCUT2D eigenvalue weighted by Crippen LogP contribution is -2.48. The van der Waals surface area contributed by atoms with Crippen LogP contribution in [0, 0.1) is 13.8 Å². The van der Waals surface area contributed by atoms with Gasteiger partial charge < -0.3 is 9.64 Å². The standard InChI is InChI=1S/C20H23N3O3S2/c1-14-12-15(2)19-18(13-14)21-20(27-19)22-8-10-23(11-9-22)28(24,25)17-6-4-16(26-3)5-7-17/h4-7,12-13H,8-11H2,1-3H3. The van der Waals surface area contributed by atoms with E-state index >= 15 is 0 Å². The molecule has 1 aromatic heterocycles. The van der Waals surface area contributed by atoms with Crippen LogP contribution in [0.2, 0.25) is 0 Å². The molecule has 0 amide bonds. The molecule has 0 saturated carbocycles. The fraction of sp³-hybridized carbons (Fsp3) is 0.350. The summed E-state index contributed by atoms with van der Waals surface area (Å²) in [4.78, 5) is 7.26. The van der Waals surface area contributed by atoms with Gasteiger partial charge in [-0.2, -0.15) is 4.31 Å². The highest BCUT2D eigenvalue weighted by atomic mass is 32.2. The zero-order chi connectivity index (χ0) is 19.9. The molecule has 0 atom stereocenters. The molecule has 0 unspecified atom stereocenters. The van der Waals surface area contributed by atoms with Crippen LogP contribution in [-0.4, -0.2) is 51.0 Å². The van der Waals surface area contributed by atoms with Crippen molar-refractivity contribution in [2.24, 2.45) is 0 Å². The molecule has 148 valence electrons. The number of methoxy groups -OCH3 is 1. The van der Waals surface area contributed by atoms with Crippen LogP contribution in [0.15, 0.2) is 41.3 Å². The SMILES string of the molecule is COc1ccc(S(=O)(=O)N2CCN(c3nc4cc(C)cc(C)c4s3)CC2)cc1. The second kappa shape index (κ2) is 7.35. The average molecular weight is 418 g/mol. The number of aryl methyl sites for hydroxylation is 2. The smallest absolute Gasteiger partial charge is 0.243 e. The summed E-state index contributed by atoms with van der Waals surface area (Å²) < 4.78 is 33.7. The Hall–Kier alpha value is -2.16. The lowest BCUT2D eigenvalue weighted by atomic mass is 10.1. The quantitative estimate of drug-likeness (QED) is 0.651. The van der Waals surface area contributed by atoms with Gasteiger partial charge in [0.2, 0.25) is 10.0 Å². The van der Waals surface area contributed by atoms with E-state index in [-0.39, 0.29) is 0 Å². The summed E-state index contributed by atoms with van der Waals surface area (Å²) in [7, 11) is -1.93. The predicted octanol–water partition coefficient (Wildman–Crippen LogP) is 3.43. The Balaban J connectivity index is 1.50. The first-order valence-electron chi connectivity index (χ1n) is 9.15. The van der Waals surface area contributed by atoms with Gasteiger partial charge in [0, 0.05) is 26.2 Å². The molecule has 0 N–H and O–H groups in total. The Kier molecular flexibility index (Phi) is 5.03. The fourth-order valence-electron chi connectivity index (χ4n) is 3.52. The Morgan fingerprint density at radius 3 is 2.36 bits per heavy atom. The zero-order valence-electron chi connectivity index (χ0n) is 16.2. The molecule has 0 spiro atoms. The number of piperazine rings is 1. The highest BCUT2D eigenvalue weighted by Gasteiger charge is 2.29. The van der Waals surface area contributed by atoms with Crippen molar-refractivity contribution in [2.45, 2.75) is 18.7 Å². The van der Waals surface area contributed by atoms with Gasteiger partial charge in [0.05, 0.1) is 22.2 Å². The molecule has 4 rings (SSSR count). The molecule has 28 heavy (non-hydrogen) atoms. The average Bonchev–Trinajstić information content (AvgIpc) is 3.12. The van der Waals surface area contributed by atoms with Gasteiger partial charge in [-0.3, -0.25) is 0 Å². The van der Waals surface area contributed by atoms with E-state index in [1.54, 1.807) is 47.0 Å². The highest BCUT2D eigenvalue weighted by molar-refractivity contribution is 7.89. The van der Waals surface area contributed by atoms with Gasteiger partial charge in [-0.25, -0.2) is 13.4 Å². The maximum atomic E-state index is 12.9. The molecule has 1 aliphatic rings. The lowest BCUT2D eigenvalue weighted by molar-refractivity contribution is 0.384. The molecule has 0 aliphatic carbocycles. The molecule has 1 fully saturated rings. The van der Waals surface area contributed by atoms with Crippen molar-refractivity contribution in [3.63, 3.8) is 0 Å². The first-order chi connectivity index (χ1) is 13.4. The maximum Gasteiger partial charge on any atom is 0.243 e. The molecule has 8 heteroatoms. The minimum atomic E-state index is -3.50. The van der Waals surface area contributed by atoms with Gasteiger partial charge in [-0.05, 0) is 55.3 Å². The molecular weight excluding hydrogens is 394 g/mol. The van der Waals surface area contributed by atoms with Crippen LogP contribution in [0.3, 0.4) is 0 Å². The van der Waals surface area contributed by atoms with Crippen LogP contribution in [0.4, 0.5) is 5.13 Å². The van der Waals surface area contributed by atoms with Crippen molar-refractivity contribution in [2.75, 3.05) is 38.2 Å². The number of rotatable bonds is 4. The van der Waals surface area contributed by atoms with Crippen molar-refractivity contribution in [3.8, 4) is 5.75 Å². The molecule has 2 heterocycles. The van der Waals surface area contributed by atoms with Gasteiger partial charge in [0.1, 0.15) is 5.75 Å². The summed E-state index contributed by atoms with van der Waals surface area (Å²) in [6.45, 7) is 6.34. The van der Waals surface area contributed by atoms with E-state index in [4.69, 9.17) is 9.72 Å². The number of hydrogen-bond donors (Lipinski definition) is 0. The Morgan fingerprint density at radius 2 is 1.71 bits per heavy atom. The summed E-state index contributed by atoms with van der Waals surface area (Å²) >= 11 is 1.68. The lowest BCUT2D eigenvalue weighted by Gasteiger charge is -2.33. The van der Waals surface area contributed by atoms with Crippen LogP contribution >= 0.6 is 11.3 Å². The van der Waals surface area contributed by atoms with E-state index in [0.29, 0.717) is 36.8 Å². The number of aromatic nitrogens is 1. The second-order valence-electron chi connectivity index (χ2n) is 6.99.